The number of hydrogen-bond donors (Lipinski definition) is 10. The summed E-state index contributed by atoms with van der Waals surface area (Å²) in [7, 11) is 0. The zero-order valence-electron chi connectivity index (χ0n) is 69.1. The summed E-state index contributed by atoms with van der Waals surface area (Å²) in [5, 5.41) is 39.2. The molecule has 0 amide bonds. The van der Waals surface area contributed by atoms with Crippen molar-refractivity contribution in [1.82, 2.24) is 37.0 Å². The number of thioether (sulfide) groups is 6. The molecule has 10 heterocycles. The van der Waals surface area contributed by atoms with E-state index in [2.05, 4.69) is 226 Å². The van der Waals surface area contributed by atoms with Crippen LogP contribution in [0.25, 0.3) is 38.0 Å². The van der Waals surface area contributed by atoms with Gasteiger partial charge in [0, 0.05) is 86.5 Å². The van der Waals surface area contributed by atoms with Gasteiger partial charge in [-0.05, 0) is 88.9 Å². The lowest BCUT2D eigenvalue weighted by molar-refractivity contribution is 0.382. The minimum Gasteiger partial charge on any atom is -0.439 e. The zero-order valence-corrected chi connectivity index (χ0v) is 74.0. The molecule has 0 spiro atoms. The molecule has 0 radical (unpaired) electrons. The third-order valence-electron chi connectivity index (χ3n) is 15.0. The first-order chi connectivity index (χ1) is 53.3. The Kier molecular flexibility index (Phi) is 84.2. The summed E-state index contributed by atoms with van der Waals surface area (Å²) in [5.74, 6) is 5.73. The highest BCUT2D eigenvalue weighted by molar-refractivity contribution is 8.15. The second-order valence-electron chi connectivity index (χ2n) is 21.5. The summed E-state index contributed by atoms with van der Waals surface area (Å²) in [6.45, 7) is 75.5. The molecule has 19 heteroatoms. The highest BCUT2D eigenvalue weighted by Gasteiger charge is 2.30. The van der Waals surface area contributed by atoms with E-state index in [1.54, 1.807) is 58.8 Å². The third-order valence-corrected chi connectivity index (χ3v) is 20.2. The molecule has 118 heavy (non-hydrogen) atoms. The van der Waals surface area contributed by atoms with Crippen molar-refractivity contribution in [2.24, 2.45) is 4.99 Å². The molecule has 1 aliphatic carbocycles. The Bertz CT molecular complexity index is 3770. The van der Waals surface area contributed by atoms with Crippen molar-refractivity contribution in [1.29, 1.82) is 0 Å². The molecule has 0 aromatic heterocycles. The zero-order chi connectivity index (χ0) is 81.5. The van der Waals surface area contributed by atoms with Crippen LogP contribution in [0.3, 0.4) is 0 Å². The molecule has 4 fully saturated rings. The van der Waals surface area contributed by atoms with Crippen LogP contribution in [-0.2, 0) is 6.42 Å². The summed E-state index contributed by atoms with van der Waals surface area (Å²) in [6.07, 6.45) is 8.13. The van der Waals surface area contributed by atoms with E-state index in [1.165, 1.54) is 101 Å². The van der Waals surface area contributed by atoms with Gasteiger partial charge >= 0.3 is 0 Å². The van der Waals surface area contributed by atoms with Crippen LogP contribution >= 0.6 is 70.6 Å². The predicted octanol–water partition coefficient (Wildman–Crippen LogP) is 32.7. The molecule has 11 aliphatic rings. The fraction of sp³-hybridized carbons (Fsp3) is 0.404. The first-order valence-corrected chi connectivity index (χ1v) is 44.3. The van der Waals surface area contributed by atoms with Gasteiger partial charge in [0.15, 0.2) is 11.6 Å². The van der Waals surface area contributed by atoms with Crippen LogP contribution in [0.2, 0.25) is 0 Å². The third kappa shape index (κ3) is 43.3. The summed E-state index contributed by atoms with van der Waals surface area (Å²) in [5.41, 5.74) is 16.0. The standard InChI is InChI=1S/C12H10N2.C12H9NO.C12H11NS.C12H9NS.C7H12N2.C5H9NS.C4H6N2S.C4H7NS.C4H5NS.9C2H6.9CH4/c1-8-13-11-7-6-9-4-2-3-5-10(9)12(11)14-8;3*1-8-13-12-10-5-3-2-4-9(10)6-7-11(12)14-8;1-6-8-5-7-3-2-4-9(6)7;1-5-6-3-2-4-7-5;1-4-6-5-2-3-7-4;2*1-4-2-5-3-6-4;9*1-2;;;;;;;;;/h2-7,13-14H,1H2;2-7,13H,1H2;2-5,13H,1,6-7H2;2-7,13H,1H2;7-8H,1-5H2;6H,1-4H2;2-3,5-6H,1H2;5H,1-3H2;3H,1-2H2;9*1-2H3;9*1H4. The Morgan fingerprint density at radius 1 is 0.475 bits per heavy atom. The van der Waals surface area contributed by atoms with Gasteiger partial charge in [-0.25, -0.2) is 0 Å². The van der Waals surface area contributed by atoms with Gasteiger partial charge in [-0.1, -0.05) is 406 Å². The van der Waals surface area contributed by atoms with Gasteiger partial charge in [0.25, 0.3) is 0 Å². The Balaban J connectivity index is -0.000000159. The maximum atomic E-state index is 5.41. The summed E-state index contributed by atoms with van der Waals surface area (Å²) < 4.78 is 5.41. The number of hydrogen-bond acceptors (Lipinski definition) is 19. The number of fused-ring (bicyclic) bond motifs is 12. The Morgan fingerprint density at radius 3 is 1.48 bits per heavy atom. The molecule has 7 aromatic carbocycles. The van der Waals surface area contributed by atoms with Crippen LogP contribution in [-0.4, -0.2) is 60.8 Å². The number of benzene rings is 7. The second-order valence-corrected chi connectivity index (χ2v) is 28.2. The molecular weight excluding hydrogens is 1570 g/mol. The van der Waals surface area contributed by atoms with Crippen molar-refractivity contribution < 1.29 is 4.74 Å². The fourth-order valence-electron chi connectivity index (χ4n) is 10.7. The average molecular weight is 1730 g/mol. The first-order valence-electron chi connectivity index (χ1n) is 39.0. The maximum Gasteiger partial charge on any atom is 0.190 e. The maximum absolute atomic E-state index is 5.41. The fourth-order valence-corrected chi connectivity index (χ4v) is 14.7. The number of rotatable bonds is 0. The van der Waals surface area contributed by atoms with Crippen molar-refractivity contribution >= 4 is 137 Å². The normalized spacial score (nSPS) is 14.6. The molecule has 1 unspecified atom stereocenters. The van der Waals surface area contributed by atoms with E-state index in [9.17, 15) is 0 Å². The number of ether oxygens (including phenoxy) is 1. The quantitative estimate of drug-likeness (QED) is 0.0702. The van der Waals surface area contributed by atoms with E-state index in [0.29, 0.717) is 5.88 Å². The largest absolute Gasteiger partial charge is 0.439 e. The topological polar surface area (TPSA) is 145 Å². The lowest BCUT2D eigenvalue weighted by atomic mass is 9.95. The number of anilines is 4. The minimum atomic E-state index is 0. The molecule has 18 rings (SSSR count). The van der Waals surface area contributed by atoms with Crippen LogP contribution in [0.15, 0.2) is 267 Å². The van der Waals surface area contributed by atoms with Crippen molar-refractivity contribution in [3.05, 3.63) is 268 Å². The summed E-state index contributed by atoms with van der Waals surface area (Å²) >= 11 is 10.3. The number of nitrogens with one attached hydrogen (secondary N) is 10. The molecule has 13 nitrogen and oxygen atoms in total. The van der Waals surface area contributed by atoms with Gasteiger partial charge in [-0.3, -0.25) is 10.4 Å². The smallest absolute Gasteiger partial charge is 0.190 e. The second kappa shape index (κ2) is 77.6. The van der Waals surface area contributed by atoms with Gasteiger partial charge in [-0.2, -0.15) is 0 Å². The monoisotopic (exact) mass is 1730 g/mol. The van der Waals surface area contributed by atoms with E-state index in [1.807, 2.05) is 184 Å². The molecule has 666 valence electrons. The minimum absolute atomic E-state index is 0. The molecule has 0 saturated carbocycles. The Hall–Kier alpha value is -8.01. The molecule has 7 aromatic rings. The van der Waals surface area contributed by atoms with Gasteiger partial charge in [0.05, 0.1) is 66.5 Å². The van der Waals surface area contributed by atoms with Crippen LogP contribution in [0.1, 0.15) is 228 Å². The lowest BCUT2D eigenvalue weighted by Crippen LogP contribution is -2.25. The van der Waals surface area contributed by atoms with Crippen LogP contribution < -0.4 is 58.1 Å². The van der Waals surface area contributed by atoms with Crippen molar-refractivity contribution in [2.45, 2.75) is 235 Å². The van der Waals surface area contributed by atoms with Crippen molar-refractivity contribution in [3.8, 4) is 5.75 Å². The molecule has 1 atom stereocenters. The van der Waals surface area contributed by atoms with Crippen LogP contribution in [0, 0.1) is 0 Å². The average Bonchev–Trinajstić information content (AvgIpc) is 1.65. The number of aryl methyl sites for hydroxylation is 1. The van der Waals surface area contributed by atoms with E-state index >= 15 is 0 Å². The first kappa shape index (κ1) is 128. The van der Waals surface area contributed by atoms with E-state index in [4.69, 9.17) is 4.74 Å². The number of hydrazine groups is 1. The Morgan fingerprint density at radius 2 is 1.02 bits per heavy atom. The van der Waals surface area contributed by atoms with Gasteiger partial charge in [0.1, 0.15) is 5.82 Å². The van der Waals surface area contributed by atoms with Gasteiger partial charge < -0.3 is 57.6 Å². The van der Waals surface area contributed by atoms with Gasteiger partial charge in [0.2, 0.25) is 0 Å². The highest BCUT2D eigenvalue weighted by atomic mass is 32.2. The van der Waals surface area contributed by atoms with E-state index in [0.717, 1.165) is 110 Å². The molecule has 4 saturated heterocycles. The molecule has 10 aliphatic heterocycles. The van der Waals surface area contributed by atoms with Crippen molar-refractivity contribution in [3.63, 3.8) is 0 Å². The number of allylic oxidation sites excluding steroid dienone is 1. The molecular formula is C99H168N12OS6. The number of aliphatic imine (C=N–C) groups is 1. The Labute approximate surface area is 751 Å². The summed E-state index contributed by atoms with van der Waals surface area (Å²) in [4.78, 5) is 11.4. The number of nitrogens with zero attached hydrogens (tertiary/aromatic N) is 2. The SMILES string of the molecule is C.C.C.C.C.C.C.C.C.C=C1CN=CS1.C=C1CNCS1.C=C1NC2=C(CCc3ccccc32)S1.C=C1NCC2CCCN12.C=C1NCCCS1.C=C1NNC=CS1.C=C1Nc2c(ccc3ccccc23)O1.C=C1Nc2c(ccc3ccccc23)S1.C=C1Nc2ccc3ccccc3c2N1.CC.CC.CC.CC.CC.CC.CC.CC.CC. The molecule has 10 N–H and O–H groups in total. The van der Waals surface area contributed by atoms with Crippen molar-refractivity contribution in [2.75, 3.05) is 65.6 Å². The molecule has 0 bridgehead atoms. The highest BCUT2D eigenvalue weighted by Crippen LogP contribution is 2.45. The summed E-state index contributed by atoms with van der Waals surface area (Å²) in [6, 6.07) is 46.8. The van der Waals surface area contributed by atoms with E-state index in [-0.39, 0.29) is 66.8 Å². The van der Waals surface area contributed by atoms with Crippen LogP contribution in [0.4, 0.5) is 22.7 Å². The van der Waals surface area contributed by atoms with Gasteiger partial charge in [-0.15, -0.1) is 23.5 Å². The van der Waals surface area contributed by atoms with E-state index < -0.39 is 0 Å². The van der Waals surface area contributed by atoms with Crippen LogP contribution in [0.5, 0.6) is 5.75 Å². The predicted molar refractivity (Wildman–Crippen MR) is 567 cm³/mol. The lowest BCUT2D eigenvalue weighted by Gasteiger charge is -2.16.